The van der Waals surface area contributed by atoms with Crippen LogP contribution in [0.2, 0.25) is 0 Å². The number of carbonyl (C=O) groups excluding carboxylic acids is 1. The van der Waals surface area contributed by atoms with Crippen molar-refractivity contribution in [3.8, 4) is 11.5 Å². The van der Waals surface area contributed by atoms with E-state index in [2.05, 4.69) is 54.7 Å². The number of rotatable bonds is 7. The highest BCUT2D eigenvalue weighted by Gasteiger charge is 2.38. The van der Waals surface area contributed by atoms with Gasteiger partial charge in [-0.3, -0.25) is 4.79 Å². The molecule has 2 aromatic rings. The monoisotopic (exact) mass is 423 g/mol. The van der Waals surface area contributed by atoms with Crippen LogP contribution in [-0.4, -0.2) is 32.7 Å². The van der Waals surface area contributed by atoms with Gasteiger partial charge >= 0.3 is 0 Å². The molecule has 0 bridgehead atoms. The molecule has 5 nitrogen and oxygen atoms in total. The molecule has 0 spiro atoms. The van der Waals surface area contributed by atoms with Crippen LogP contribution in [-0.2, 0) is 17.8 Å². The van der Waals surface area contributed by atoms with E-state index in [1.54, 1.807) is 14.2 Å². The van der Waals surface area contributed by atoms with E-state index in [0.717, 1.165) is 43.9 Å². The van der Waals surface area contributed by atoms with E-state index in [1.807, 2.05) is 0 Å². The minimum Gasteiger partial charge on any atom is -0.493 e. The van der Waals surface area contributed by atoms with Gasteiger partial charge < -0.3 is 19.7 Å². The summed E-state index contributed by atoms with van der Waals surface area (Å²) in [6.07, 6.45) is 5.36. The second-order valence-electron chi connectivity index (χ2n) is 8.98. The van der Waals surface area contributed by atoms with Crippen molar-refractivity contribution in [2.45, 2.75) is 57.7 Å². The van der Waals surface area contributed by atoms with E-state index in [1.165, 1.54) is 34.4 Å². The molecule has 1 saturated carbocycles. The zero-order valence-electron chi connectivity index (χ0n) is 18.9. The maximum Gasteiger partial charge on any atom is 0.223 e. The summed E-state index contributed by atoms with van der Waals surface area (Å²) >= 11 is 0. The Labute approximate surface area is 185 Å². The van der Waals surface area contributed by atoms with Gasteiger partial charge in [0.25, 0.3) is 0 Å². The van der Waals surface area contributed by atoms with E-state index in [4.69, 9.17) is 9.47 Å². The molecule has 1 amide bonds. The summed E-state index contributed by atoms with van der Waals surface area (Å²) in [4.78, 5) is 14.4. The maximum absolute atomic E-state index is 12.9. The first-order valence-corrected chi connectivity index (χ1v) is 11.5. The van der Waals surface area contributed by atoms with Crippen molar-refractivity contribution in [3.05, 3.63) is 59.2 Å². The number of nitrogens with one attached hydrogen (secondary N) is 2. The number of benzene rings is 2. The Bertz CT molecular complexity index is 893. The number of hydrogen-bond acceptors (Lipinski definition) is 3. The Morgan fingerprint density at radius 1 is 1.10 bits per heavy atom. The molecule has 166 valence electrons. The predicted octanol–water partition coefficient (Wildman–Crippen LogP) is 3.08. The van der Waals surface area contributed by atoms with E-state index in [-0.39, 0.29) is 23.9 Å². The van der Waals surface area contributed by atoms with Crippen LogP contribution in [0.3, 0.4) is 0 Å². The lowest BCUT2D eigenvalue weighted by Crippen LogP contribution is -3.13. The van der Waals surface area contributed by atoms with Crippen molar-refractivity contribution in [1.82, 2.24) is 5.32 Å². The van der Waals surface area contributed by atoms with Crippen LogP contribution in [0.4, 0.5) is 0 Å². The summed E-state index contributed by atoms with van der Waals surface area (Å²) in [6.45, 7) is 4.11. The van der Waals surface area contributed by atoms with Crippen molar-refractivity contribution in [3.63, 3.8) is 0 Å². The molecule has 4 rings (SSSR count). The molecule has 5 heteroatoms. The van der Waals surface area contributed by atoms with Gasteiger partial charge in [-0.05, 0) is 37.5 Å². The van der Waals surface area contributed by atoms with Crippen molar-refractivity contribution >= 4 is 5.91 Å². The molecular weight excluding hydrogens is 388 g/mol. The first kappa shape index (κ1) is 21.7. The second-order valence-corrected chi connectivity index (χ2v) is 8.98. The first-order valence-electron chi connectivity index (χ1n) is 11.5. The van der Waals surface area contributed by atoms with Crippen molar-refractivity contribution in [1.29, 1.82) is 0 Å². The van der Waals surface area contributed by atoms with E-state index in [0.29, 0.717) is 0 Å². The van der Waals surface area contributed by atoms with Gasteiger partial charge in [-0.2, -0.15) is 0 Å². The standard InChI is InChI=1S/C26H34N2O3/c1-18(27-26(29)20-11-7-8-12-20)25-22-16-24(31-3)23(30-2)15-21(22)13-14-28(25)17-19-9-5-4-6-10-19/h4-6,9-10,15-16,18,20,25H,7-8,11-14,17H2,1-3H3,(H,27,29)/p+1/t18-,25+/m0/s1. The lowest BCUT2D eigenvalue weighted by molar-refractivity contribution is -0.948. The lowest BCUT2D eigenvalue weighted by atomic mass is 9.87. The van der Waals surface area contributed by atoms with Gasteiger partial charge in [0.1, 0.15) is 12.6 Å². The molecule has 2 aliphatic rings. The van der Waals surface area contributed by atoms with E-state index in [9.17, 15) is 4.79 Å². The van der Waals surface area contributed by atoms with Crippen LogP contribution in [0.5, 0.6) is 11.5 Å². The smallest absolute Gasteiger partial charge is 0.223 e. The Morgan fingerprint density at radius 3 is 2.45 bits per heavy atom. The third-order valence-corrected chi connectivity index (χ3v) is 7.01. The Hall–Kier alpha value is -2.53. The number of ether oxygens (including phenoxy) is 2. The topological polar surface area (TPSA) is 52.0 Å². The molecule has 0 radical (unpaired) electrons. The Kier molecular flexibility index (Phi) is 6.81. The van der Waals surface area contributed by atoms with Crippen LogP contribution in [0.1, 0.15) is 55.3 Å². The molecule has 0 aromatic heterocycles. The maximum atomic E-state index is 12.9. The number of fused-ring (bicyclic) bond motifs is 1. The van der Waals surface area contributed by atoms with Crippen LogP contribution in [0.15, 0.2) is 42.5 Å². The molecule has 3 atom stereocenters. The van der Waals surface area contributed by atoms with Gasteiger partial charge in [0.2, 0.25) is 5.91 Å². The lowest BCUT2D eigenvalue weighted by Gasteiger charge is -2.38. The second kappa shape index (κ2) is 9.73. The van der Waals surface area contributed by atoms with Crippen LogP contribution in [0, 0.1) is 5.92 Å². The Balaban J connectivity index is 1.65. The summed E-state index contributed by atoms with van der Waals surface area (Å²) in [6, 6.07) is 15.1. The molecule has 1 fully saturated rings. The molecule has 1 unspecified atom stereocenters. The quantitative estimate of drug-likeness (QED) is 0.720. The third-order valence-electron chi connectivity index (χ3n) is 7.01. The predicted molar refractivity (Wildman–Crippen MR) is 122 cm³/mol. The summed E-state index contributed by atoms with van der Waals surface area (Å²) < 4.78 is 11.2. The molecule has 2 aromatic carbocycles. The molecule has 31 heavy (non-hydrogen) atoms. The van der Waals surface area contributed by atoms with E-state index < -0.39 is 0 Å². The molecule has 1 aliphatic heterocycles. The highest BCUT2D eigenvalue weighted by atomic mass is 16.5. The van der Waals surface area contributed by atoms with Crippen LogP contribution < -0.4 is 19.7 Å². The fraction of sp³-hybridized carbons (Fsp3) is 0.500. The molecule has 0 saturated heterocycles. The van der Waals surface area contributed by atoms with Crippen LogP contribution >= 0.6 is 0 Å². The van der Waals surface area contributed by atoms with Gasteiger partial charge in [0.05, 0.1) is 26.8 Å². The van der Waals surface area contributed by atoms with E-state index >= 15 is 0 Å². The van der Waals surface area contributed by atoms with Crippen molar-refractivity contribution < 1.29 is 19.2 Å². The summed E-state index contributed by atoms with van der Waals surface area (Å²) in [5, 5.41) is 3.38. The fourth-order valence-corrected chi connectivity index (χ4v) is 5.41. The first-order chi connectivity index (χ1) is 15.1. The van der Waals surface area contributed by atoms with Crippen molar-refractivity contribution in [2.24, 2.45) is 5.92 Å². The number of methoxy groups -OCH3 is 2. The molecule has 2 N–H and O–H groups in total. The number of quaternary nitrogens is 1. The highest BCUT2D eigenvalue weighted by Crippen LogP contribution is 2.35. The SMILES string of the molecule is COc1cc2c(cc1OC)[C@@H]([C@H](C)NC(=O)C1CCCC1)[NH+](Cc1ccccc1)CC2. The molecular formula is C26H35N2O3+. The minimum atomic E-state index is 0.0314. The Morgan fingerprint density at radius 2 is 1.77 bits per heavy atom. The number of carbonyl (C=O) groups is 1. The summed E-state index contributed by atoms with van der Waals surface area (Å²) in [7, 11) is 3.37. The average Bonchev–Trinajstić information content (AvgIpc) is 3.33. The van der Waals surface area contributed by atoms with Crippen LogP contribution in [0.25, 0.3) is 0 Å². The number of hydrogen-bond donors (Lipinski definition) is 2. The average molecular weight is 424 g/mol. The normalized spacial score (nSPS) is 21.9. The van der Waals surface area contributed by atoms with Gasteiger partial charge in [0, 0.05) is 23.5 Å². The minimum absolute atomic E-state index is 0.0314. The van der Waals surface area contributed by atoms with Gasteiger partial charge in [-0.15, -0.1) is 0 Å². The molecule has 1 heterocycles. The third kappa shape index (κ3) is 4.72. The van der Waals surface area contributed by atoms with Gasteiger partial charge in [0.15, 0.2) is 11.5 Å². The van der Waals surface area contributed by atoms with Gasteiger partial charge in [-0.25, -0.2) is 0 Å². The zero-order valence-corrected chi connectivity index (χ0v) is 18.9. The number of amides is 1. The van der Waals surface area contributed by atoms with Gasteiger partial charge in [-0.1, -0.05) is 43.2 Å². The zero-order chi connectivity index (χ0) is 21.8. The fourth-order valence-electron chi connectivity index (χ4n) is 5.41. The molecule has 1 aliphatic carbocycles. The largest absolute Gasteiger partial charge is 0.493 e. The summed E-state index contributed by atoms with van der Waals surface area (Å²) in [5.74, 6) is 1.92. The van der Waals surface area contributed by atoms with Crippen molar-refractivity contribution in [2.75, 3.05) is 20.8 Å². The highest BCUT2D eigenvalue weighted by molar-refractivity contribution is 5.79. The summed E-state index contributed by atoms with van der Waals surface area (Å²) in [5.41, 5.74) is 3.87.